The van der Waals surface area contributed by atoms with Gasteiger partial charge in [-0.15, -0.1) is 0 Å². The van der Waals surface area contributed by atoms with Crippen molar-refractivity contribution in [3.05, 3.63) is 0 Å². The second kappa shape index (κ2) is 5.16. The molecule has 3 saturated heterocycles. The van der Waals surface area contributed by atoms with Crippen LogP contribution in [-0.4, -0.2) is 82.4 Å². The maximum atomic E-state index is 11.8. The summed E-state index contributed by atoms with van der Waals surface area (Å²) in [5, 5.41) is 37.4. The van der Waals surface area contributed by atoms with Gasteiger partial charge >= 0.3 is 0 Å². The van der Waals surface area contributed by atoms with E-state index in [1.165, 1.54) is 0 Å². The van der Waals surface area contributed by atoms with Crippen LogP contribution in [-0.2, 0) is 9.53 Å². The van der Waals surface area contributed by atoms with Gasteiger partial charge in [-0.2, -0.15) is 0 Å². The zero-order valence-corrected chi connectivity index (χ0v) is 10.6. The highest BCUT2D eigenvalue weighted by Crippen LogP contribution is 2.27. The summed E-state index contributed by atoms with van der Waals surface area (Å²) >= 11 is 0. The molecule has 3 heterocycles. The Labute approximate surface area is 114 Å². The number of carbonyl (C=O) groups is 1. The van der Waals surface area contributed by atoms with Crippen LogP contribution < -0.4 is 21.7 Å². The van der Waals surface area contributed by atoms with Crippen molar-refractivity contribution < 1.29 is 24.9 Å². The summed E-state index contributed by atoms with van der Waals surface area (Å²) < 4.78 is 5.46. The molecule has 0 aromatic carbocycles. The van der Waals surface area contributed by atoms with Crippen molar-refractivity contribution in [3.8, 4) is 0 Å². The first kappa shape index (κ1) is 14.1. The Morgan fingerprint density at radius 1 is 1.40 bits per heavy atom. The van der Waals surface area contributed by atoms with Crippen LogP contribution in [0.3, 0.4) is 0 Å². The molecule has 0 aromatic heterocycles. The first-order valence-electron chi connectivity index (χ1n) is 6.46. The number of nitrogens with two attached hydrogens (primary N) is 1. The minimum Gasteiger partial charge on any atom is -0.394 e. The SMILES string of the molecule is NC1NC(=O)C2NCN(C3OC(CO)C(O)C3O)C2N1. The third-order valence-electron chi connectivity index (χ3n) is 3.94. The number of aliphatic hydroxyl groups is 3. The number of fused-ring (bicyclic) bond motifs is 1. The third-order valence-corrected chi connectivity index (χ3v) is 3.94. The fourth-order valence-electron chi connectivity index (χ4n) is 2.90. The minimum absolute atomic E-state index is 0.240. The Bertz CT molecular complexity index is 398. The van der Waals surface area contributed by atoms with E-state index in [9.17, 15) is 15.0 Å². The Kier molecular flexibility index (Phi) is 3.64. The molecule has 7 unspecified atom stereocenters. The van der Waals surface area contributed by atoms with Crippen LogP contribution in [0.15, 0.2) is 0 Å². The minimum atomic E-state index is -1.17. The number of amides is 1. The molecular weight excluding hydrogens is 270 g/mol. The highest BCUT2D eigenvalue weighted by Gasteiger charge is 2.52. The zero-order chi connectivity index (χ0) is 14.4. The van der Waals surface area contributed by atoms with Crippen LogP contribution >= 0.6 is 0 Å². The maximum Gasteiger partial charge on any atom is 0.242 e. The van der Waals surface area contributed by atoms with Gasteiger partial charge in [0.15, 0.2) is 0 Å². The van der Waals surface area contributed by atoms with Crippen molar-refractivity contribution in [1.82, 2.24) is 20.9 Å². The molecule has 8 N–H and O–H groups in total. The topological polar surface area (TPSA) is 152 Å². The number of rotatable bonds is 2. The molecule has 3 rings (SSSR count). The third kappa shape index (κ3) is 2.10. The lowest BCUT2D eigenvalue weighted by Gasteiger charge is -2.37. The molecule has 0 aromatic rings. The van der Waals surface area contributed by atoms with Gasteiger partial charge in [-0.05, 0) is 0 Å². The maximum absolute atomic E-state index is 11.8. The summed E-state index contributed by atoms with van der Waals surface area (Å²) in [4.78, 5) is 13.5. The average molecular weight is 289 g/mol. The van der Waals surface area contributed by atoms with Crippen LogP contribution in [0.5, 0.6) is 0 Å². The summed E-state index contributed by atoms with van der Waals surface area (Å²) in [5.74, 6) is -0.240. The second-order valence-corrected chi connectivity index (χ2v) is 5.18. The van der Waals surface area contributed by atoms with E-state index in [1.807, 2.05) is 0 Å². The van der Waals surface area contributed by atoms with Crippen LogP contribution in [0, 0.1) is 0 Å². The van der Waals surface area contributed by atoms with Gasteiger partial charge in [0.1, 0.15) is 36.9 Å². The summed E-state index contributed by atoms with van der Waals surface area (Å²) in [6.07, 6.45) is -5.16. The fraction of sp³-hybridized carbons (Fsp3) is 0.900. The number of hydrogen-bond acceptors (Lipinski definition) is 9. The smallest absolute Gasteiger partial charge is 0.242 e. The quantitative estimate of drug-likeness (QED) is 0.265. The predicted molar refractivity (Wildman–Crippen MR) is 64.4 cm³/mol. The molecule has 0 aliphatic carbocycles. The van der Waals surface area contributed by atoms with Crippen molar-refractivity contribution in [1.29, 1.82) is 0 Å². The monoisotopic (exact) mass is 289 g/mol. The number of carbonyl (C=O) groups excluding carboxylic acids is 1. The molecule has 7 atom stereocenters. The van der Waals surface area contributed by atoms with E-state index in [1.54, 1.807) is 4.90 Å². The highest BCUT2D eigenvalue weighted by molar-refractivity contribution is 5.84. The molecule has 3 fully saturated rings. The van der Waals surface area contributed by atoms with Crippen LogP contribution in [0.4, 0.5) is 0 Å². The van der Waals surface area contributed by atoms with Crippen molar-refractivity contribution >= 4 is 5.91 Å². The number of hydrogen-bond donors (Lipinski definition) is 7. The number of nitrogens with zero attached hydrogens (tertiary/aromatic N) is 1. The van der Waals surface area contributed by atoms with Crippen molar-refractivity contribution in [2.45, 2.75) is 43.0 Å². The first-order chi connectivity index (χ1) is 9.52. The lowest BCUT2D eigenvalue weighted by atomic mass is 10.1. The van der Waals surface area contributed by atoms with E-state index in [2.05, 4.69) is 16.0 Å². The van der Waals surface area contributed by atoms with Gasteiger partial charge in [-0.3, -0.25) is 21.2 Å². The van der Waals surface area contributed by atoms with Gasteiger partial charge in [-0.25, -0.2) is 4.90 Å². The molecule has 0 radical (unpaired) electrons. The normalized spacial score (nSPS) is 49.2. The molecule has 1 amide bonds. The zero-order valence-electron chi connectivity index (χ0n) is 10.6. The van der Waals surface area contributed by atoms with E-state index < -0.39 is 49.6 Å². The second-order valence-electron chi connectivity index (χ2n) is 5.18. The summed E-state index contributed by atoms with van der Waals surface area (Å²) in [7, 11) is 0. The Hall–Kier alpha value is -0.850. The first-order valence-corrected chi connectivity index (χ1v) is 6.46. The van der Waals surface area contributed by atoms with E-state index in [0.29, 0.717) is 0 Å². The van der Waals surface area contributed by atoms with Crippen LogP contribution in [0.25, 0.3) is 0 Å². The standard InChI is InChI=1S/C10H19N5O5/c11-10-13-7-4(8(19)14-10)12-2-15(7)9-6(18)5(17)3(1-16)20-9/h3-7,9-10,12-13,16-18H,1-2,11H2,(H,14,19). The lowest BCUT2D eigenvalue weighted by Crippen LogP contribution is -2.71. The molecular formula is C10H19N5O5. The molecule has 114 valence electrons. The average Bonchev–Trinajstić information content (AvgIpc) is 2.93. The van der Waals surface area contributed by atoms with Gasteiger partial charge in [0, 0.05) is 0 Å². The Balaban J connectivity index is 1.76. The largest absolute Gasteiger partial charge is 0.394 e. The summed E-state index contributed by atoms with van der Waals surface area (Å²) in [6, 6.07) is -0.518. The lowest BCUT2D eigenvalue weighted by molar-refractivity contribution is -0.133. The van der Waals surface area contributed by atoms with Crippen molar-refractivity contribution in [2.75, 3.05) is 13.3 Å². The highest BCUT2D eigenvalue weighted by atomic mass is 16.6. The number of nitrogens with one attached hydrogen (secondary N) is 3. The molecule has 20 heavy (non-hydrogen) atoms. The molecule has 0 bridgehead atoms. The molecule has 10 heteroatoms. The fourth-order valence-corrected chi connectivity index (χ4v) is 2.90. The summed E-state index contributed by atoms with van der Waals surface area (Å²) in [5.41, 5.74) is 5.67. The van der Waals surface area contributed by atoms with Crippen LogP contribution in [0.1, 0.15) is 0 Å². The number of aliphatic hydroxyl groups excluding tert-OH is 3. The molecule has 10 nitrogen and oxygen atoms in total. The van der Waals surface area contributed by atoms with Crippen molar-refractivity contribution in [3.63, 3.8) is 0 Å². The van der Waals surface area contributed by atoms with Crippen LogP contribution in [0.2, 0.25) is 0 Å². The number of ether oxygens (including phenoxy) is 1. The van der Waals surface area contributed by atoms with Gasteiger partial charge in [0.25, 0.3) is 0 Å². The van der Waals surface area contributed by atoms with Gasteiger partial charge < -0.3 is 25.4 Å². The van der Waals surface area contributed by atoms with E-state index >= 15 is 0 Å². The van der Waals surface area contributed by atoms with Gasteiger partial charge in [0.05, 0.1) is 19.4 Å². The predicted octanol–water partition coefficient (Wildman–Crippen LogP) is -5.06. The van der Waals surface area contributed by atoms with E-state index in [0.717, 1.165) is 0 Å². The van der Waals surface area contributed by atoms with E-state index in [4.69, 9.17) is 15.6 Å². The molecule has 3 aliphatic heterocycles. The molecule has 0 spiro atoms. The Morgan fingerprint density at radius 2 is 2.15 bits per heavy atom. The molecule has 0 saturated carbocycles. The summed E-state index contributed by atoms with van der Waals surface area (Å²) in [6.45, 7) is -0.105. The van der Waals surface area contributed by atoms with E-state index in [-0.39, 0.29) is 12.6 Å². The molecule has 3 aliphatic rings. The van der Waals surface area contributed by atoms with Gasteiger partial charge in [-0.1, -0.05) is 0 Å². The van der Waals surface area contributed by atoms with Gasteiger partial charge in [0.2, 0.25) is 5.91 Å². The van der Waals surface area contributed by atoms with Crippen molar-refractivity contribution in [2.24, 2.45) is 5.73 Å². The Morgan fingerprint density at radius 3 is 2.80 bits per heavy atom.